The first kappa shape index (κ1) is 16.3. The van der Waals surface area contributed by atoms with E-state index < -0.39 is 18.0 Å². The van der Waals surface area contributed by atoms with Crippen molar-refractivity contribution >= 4 is 5.97 Å². The van der Waals surface area contributed by atoms with Gasteiger partial charge >= 0.3 is 5.97 Å². The highest BCUT2D eigenvalue weighted by molar-refractivity contribution is 5.69. The summed E-state index contributed by atoms with van der Waals surface area (Å²) in [6.45, 7) is 1.62. The van der Waals surface area contributed by atoms with E-state index in [2.05, 4.69) is 0 Å². The van der Waals surface area contributed by atoms with Gasteiger partial charge in [0.15, 0.2) is 11.5 Å². The van der Waals surface area contributed by atoms with Crippen LogP contribution in [-0.2, 0) is 9.53 Å². The van der Waals surface area contributed by atoms with E-state index in [1.165, 1.54) is 14.2 Å². The van der Waals surface area contributed by atoms with E-state index in [0.29, 0.717) is 17.1 Å². The van der Waals surface area contributed by atoms with E-state index in [-0.39, 0.29) is 6.42 Å². The van der Waals surface area contributed by atoms with E-state index in [1.807, 2.05) is 12.1 Å². The van der Waals surface area contributed by atoms with Crippen molar-refractivity contribution in [2.45, 2.75) is 25.4 Å². The van der Waals surface area contributed by atoms with Gasteiger partial charge in [0.2, 0.25) is 6.10 Å². The number of nitrogens with zero attached hydrogens (tertiary/aromatic N) is 2. The highest BCUT2D eigenvalue weighted by Crippen LogP contribution is 2.32. The fourth-order valence-corrected chi connectivity index (χ4v) is 1.76. The van der Waals surface area contributed by atoms with E-state index >= 15 is 0 Å². The van der Waals surface area contributed by atoms with Gasteiger partial charge in [0.25, 0.3) is 0 Å². The molecule has 0 heterocycles. The van der Waals surface area contributed by atoms with Crippen LogP contribution >= 0.6 is 0 Å². The average molecular weight is 288 g/mol. The molecule has 0 aliphatic heterocycles. The Hall–Kier alpha value is -2.73. The number of esters is 1. The largest absolute Gasteiger partial charge is 0.493 e. The first-order chi connectivity index (χ1) is 10.1. The minimum atomic E-state index is -1.17. The summed E-state index contributed by atoms with van der Waals surface area (Å²) in [5.41, 5.74) is 0.519. The van der Waals surface area contributed by atoms with Gasteiger partial charge in [-0.15, -0.1) is 0 Å². The average Bonchev–Trinajstić information content (AvgIpc) is 2.53. The lowest BCUT2D eigenvalue weighted by Crippen LogP contribution is -2.23. The van der Waals surface area contributed by atoms with Gasteiger partial charge in [0.05, 0.1) is 20.3 Å². The molecule has 1 aromatic carbocycles. The Bertz CT molecular complexity index is 586. The van der Waals surface area contributed by atoms with Crippen molar-refractivity contribution in [2.75, 3.05) is 14.2 Å². The Morgan fingerprint density at radius 1 is 1.19 bits per heavy atom. The monoisotopic (exact) mass is 288 g/mol. The van der Waals surface area contributed by atoms with Crippen LogP contribution < -0.4 is 9.47 Å². The number of carbonyl (C=O) groups is 1. The molecule has 2 unspecified atom stereocenters. The summed E-state index contributed by atoms with van der Waals surface area (Å²) in [7, 11) is 2.97. The third-order valence-corrected chi connectivity index (χ3v) is 2.88. The SMILES string of the molecule is CCC(=O)OC(C#N)C(C#N)c1ccc(OC)c(OC)c1. The third-order valence-electron chi connectivity index (χ3n) is 2.88. The molecule has 0 saturated heterocycles. The van der Waals surface area contributed by atoms with Crippen molar-refractivity contribution in [3.05, 3.63) is 23.8 Å². The van der Waals surface area contributed by atoms with Crippen LogP contribution in [0.25, 0.3) is 0 Å². The predicted octanol–water partition coefficient (Wildman–Crippen LogP) is 2.16. The van der Waals surface area contributed by atoms with E-state index in [0.717, 1.165) is 0 Å². The predicted molar refractivity (Wildman–Crippen MR) is 73.7 cm³/mol. The molecule has 1 rings (SSSR count). The molecule has 0 saturated carbocycles. The first-order valence-electron chi connectivity index (χ1n) is 6.31. The summed E-state index contributed by atoms with van der Waals surface area (Å²) in [5, 5.41) is 18.4. The highest BCUT2D eigenvalue weighted by atomic mass is 16.5. The summed E-state index contributed by atoms with van der Waals surface area (Å²) >= 11 is 0. The van der Waals surface area contributed by atoms with Crippen LogP contribution in [0.2, 0.25) is 0 Å². The number of hydrogen-bond acceptors (Lipinski definition) is 6. The Kier molecular flexibility index (Phi) is 6.03. The maximum Gasteiger partial charge on any atom is 0.306 e. The van der Waals surface area contributed by atoms with Crippen LogP contribution in [0.5, 0.6) is 11.5 Å². The molecule has 0 fully saturated rings. The zero-order valence-electron chi connectivity index (χ0n) is 12.1. The van der Waals surface area contributed by atoms with Crippen molar-refractivity contribution in [3.8, 4) is 23.6 Å². The quantitative estimate of drug-likeness (QED) is 0.745. The van der Waals surface area contributed by atoms with Gasteiger partial charge in [-0.25, -0.2) is 0 Å². The lowest BCUT2D eigenvalue weighted by Gasteiger charge is -2.17. The maximum absolute atomic E-state index is 11.3. The second-order valence-corrected chi connectivity index (χ2v) is 4.11. The zero-order valence-corrected chi connectivity index (χ0v) is 12.1. The fourth-order valence-electron chi connectivity index (χ4n) is 1.76. The molecule has 0 bridgehead atoms. The highest BCUT2D eigenvalue weighted by Gasteiger charge is 2.27. The zero-order chi connectivity index (χ0) is 15.8. The molecule has 0 radical (unpaired) electrons. The molecule has 0 aromatic heterocycles. The summed E-state index contributed by atoms with van der Waals surface area (Å²) < 4.78 is 15.3. The van der Waals surface area contributed by atoms with Gasteiger partial charge in [-0.1, -0.05) is 13.0 Å². The normalized spacial score (nSPS) is 12.4. The number of ether oxygens (including phenoxy) is 3. The maximum atomic E-state index is 11.3. The van der Waals surface area contributed by atoms with Gasteiger partial charge in [-0.2, -0.15) is 10.5 Å². The molecule has 110 valence electrons. The molecule has 0 spiro atoms. The third kappa shape index (κ3) is 3.87. The Labute approximate surface area is 123 Å². The fraction of sp³-hybridized carbons (Fsp3) is 0.400. The van der Waals surface area contributed by atoms with Crippen LogP contribution in [0.4, 0.5) is 0 Å². The summed E-state index contributed by atoms with van der Waals surface area (Å²) in [4.78, 5) is 11.3. The Morgan fingerprint density at radius 3 is 2.33 bits per heavy atom. The van der Waals surface area contributed by atoms with Gasteiger partial charge in [0.1, 0.15) is 12.0 Å². The van der Waals surface area contributed by atoms with Crippen molar-refractivity contribution in [3.63, 3.8) is 0 Å². The van der Waals surface area contributed by atoms with Gasteiger partial charge < -0.3 is 14.2 Å². The number of hydrogen-bond donors (Lipinski definition) is 0. The number of rotatable bonds is 6. The molecule has 6 heteroatoms. The molecular formula is C15H16N2O4. The van der Waals surface area contributed by atoms with Gasteiger partial charge in [0, 0.05) is 6.42 Å². The molecule has 0 aliphatic rings. The van der Waals surface area contributed by atoms with Crippen LogP contribution in [-0.4, -0.2) is 26.3 Å². The minimum absolute atomic E-state index is 0.141. The number of carbonyl (C=O) groups excluding carboxylic acids is 1. The van der Waals surface area contributed by atoms with Crippen LogP contribution in [0, 0.1) is 22.7 Å². The molecule has 21 heavy (non-hydrogen) atoms. The smallest absolute Gasteiger partial charge is 0.306 e. The molecule has 6 nitrogen and oxygen atoms in total. The van der Waals surface area contributed by atoms with Crippen molar-refractivity contribution in [2.24, 2.45) is 0 Å². The Balaban J connectivity index is 3.12. The van der Waals surface area contributed by atoms with Gasteiger partial charge in [-0.3, -0.25) is 4.79 Å². The number of methoxy groups -OCH3 is 2. The van der Waals surface area contributed by atoms with E-state index in [9.17, 15) is 10.1 Å². The summed E-state index contributed by atoms with van der Waals surface area (Å²) in [6.07, 6.45) is -1.03. The molecule has 0 amide bonds. The molecular weight excluding hydrogens is 272 g/mol. The second kappa shape index (κ2) is 7.76. The first-order valence-corrected chi connectivity index (χ1v) is 6.31. The van der Waals surface area contributed by atoms with Crippen LogP contribution in [0.3, 0.4) is 0 Å². The molecule has 0 N–H and O–H groups in total. The lowest BCUT2D eigenvalue weighted by molar-refractivity contribution is -0.146. The number of benzene rings is 1. The topological polar surface area (TPSA) is 92.3 Å². The molecule has 0 aliphatic carbocycles. The summed E-state index contributed by atoms with van der Waals surface area (Å²) in [5.74, 6) is -0.474. The standard InChI is InChI=1S/C15H16N2O4/c1-4-15(18)21-14(9-17)11(8-16)10-5-6-12(19-2)13(7-10)20-3/h5-7,11,14H,4H2,1-3H3. The van der Waals surface area contributed by atoms with Crippen LogP contribution in [0.1, 0.15) is 24.8 Å². The van der Waals surface area contributed by atoms with E-state index in [1.54, 1.807) is 25.1 Å². The van der Waals surface area contributed by atoms with Crippen LogP contribution in [0.15, 0.2) is 18.2 Å². The van der Waals surface area contributed by atoms with Gasteiger partial charge in [-0.05, 0) is 17.7 Å². The lowest BCUT2D eigenvalue weighted by atomic mass is 9.95. The van der Waals surface area contributed by atoms with Crippen molar-refractivity contribution in [1.82, 2.24) is 0 Å². The molecule has 1 aromatic rings. The minimum Gasteiger partial charge on any atom is -0.493 e. The van der Waals surface area contributed by atoms with Crippen molar-refractivity contribution in [1.29, 1.82) is 10.5 Å². The summed E-state index contributed by atoms with van der Waals surface area (Å²) in [6, 6.07) is 8.70. The number of nitriles is 2. The van der Waals surface area contributed by atoms with Crippen molar-refractivity contribution < 1.29 is 19.0 Å². The van der Waals surface area contributed by atoms with E-state index in [4.69, 9.17) is 19.5 Å². The molecule has 2 atom stereocenters. The Morgan fingerprint density at radius 2 is 1.86 bits per heavy atom. The second-order valence-electron chi connectivity index (χ2n) is 4.11.